The predicted octanol–water partition coefficient (Wildman–Crippen LogP) is 5.03. The van der Waals surface area contributed by atoms with Gasteiger partial charge in [0.25, 0.3) is 0 Å². The van der Waals surface area contributed by atoms with Crippen molar-refractivity contribution in [3.63, 3.8) is 0 Å². The van der Waals surface area contributed by atoms with Crippen LogP contribution in [0.3, 0.4) is 0 Å². The molecule has 1 N–H and O–H groups in total. The Bertz CT molecular complexity index is 1180. The summed E-state index contributed by atoms with van der Waals surface area (Å²) in [4.78, 5) is 32.0. The van der Waals surface area contributed by atoms with Crippen LogP contribution in [-0.4, -0.2) is 16.8 Å². The summed E-state index contributed by atoms with van der Waals surface area (Å²) in [6, 6.07) is 12.7. The van der Waals surface area contributed by atoms with Gasteiger partial charge in [-0.15, -0.1) is 0 Å². The summed E-state index contributed by atoms with van der Waals surface area (Å²) in [5, 5.41) is 2.17. The molecule has 0 saturated heterocycles. The van der Waals surface area contributed by atoms with E-state index in [9.17, 15) is 22.8 Å². The van der Waals surface area contributed by atoms with Gasteiger partial charge in [-0.05, 0) is 23.8 Å². The normalized spacial score (nSPS) is 17.1. The summed E-state index contributed by atoms with van der Waals surface area (Å²) in [7, 11) is 0. The number of hydrogen-bond donors (Lipinski definition) is 1. The van der Waals surface area contributed by atoms with E-state index in [1.165, 1.54) is 16.7 Å². The molecule has 5 rings (SSSR count). The first kappa shape index (κ1) is 18.2. The Balaban J connectivity index is 1.51. The summed E-state index contributed by atoms with van der Waals surface area (Å²) in [6.07, 6.45) is -3.88. The van der Waals surface area contributed by atoms with E-state index in [0.29, 0.717) is 34.5 Å². The van der Waals surface area contributed by atoms with Crippen LogP contribution in [0.5, 0.6) is 0 Å². The third-order valence-electron chi connectivity index (χ3n) is 4.64. The fourth-order valence-corrected chi connectivity index (χ4v) is 5.23. The SMILES string of the molecule is O=C(Nc1ncc(C(F)(F)F)s1)C1C(=O)N2c3ccccc3Sc3cccc1c32. The number of amides is 2. The average molecular weight is 433 g/mol. The van der Waals surface area contributed by atoms with Crippen LogP contribution in [0.4, 0.5) is 29.7 Å². The van der Waals surface area contributed by atoms with Crippen LogP contribution in [0.1, 0.15) is 16.4 Å². The van der Waals surface area contributed by atoms with Crippen molar-refractivity contribution in [1.82, 2.24) is 4.98 Å². The first-order valence-corrected chi connectivity index (χ1v) is 10.1. The van der Waals surface area contributed by atoms with Crippen molar-refractivity contribution in [3.8, 4) is 0 Å². The van der Waals surface area contributed by atoms with Crippen molar-refractivity contribution in [2.75, 3.05) is 10.2 Å². The summed E-state index contributed by atoms with van der Waals surface area (Å²) < 4.78 is 38.3. The number of carbonyl (C=O) groups excluding carboxylic acids is 2. The smallest absolute Gasteiger partial charge is 0.301 e. The highest BCUT2D eigenvalue weighted by Crippen LogP contribution is 2.55. The molecule has 2 aliphatic rings. The number of anilines is 3. The number of carbonyl (C=O) groups is 2. The molecule has 0 spiro atoms. The molecule has 3 heterocycles. The van der Waals surface area contributed by atoms with E-state index in [1.54, 1.807) is 18.2 Å². The van der Waals surface area contributed by atoms with Gasteiger partial charge >= 0.3 is 6.18 Å². The largest absolute Gasteiger partial charge is 0.427 e. The minimum absolute atomic E-state index is 0.198. The molecular formula is C19H10F3N3O2S2. The number of para-hydroxylation sites is 2. The van der Waals surface area contributed by atoms with E-state index < -0.39 is 28.8 Å². The Morgan fingerprint density at radius 3 is 2.62 bits per heavy atom. The molecular weight excluding hydrogens is 423 g/mol. The van der Waals surface area contributed by atoms with Gasteiger partial charge in [0.1, 0.15) is 10.8 Å². The third-order valence-corrected chi connectivity index (χ3v) is 6.71. The minimum atomic E-state index is -4.54. The second kappa shape index (κ2) is 6.33. The molecule has 1 unspecified atom stereocenters. The lowest BCUT2D eigenvalue weighted by Crippen LogP contribution is -2.32. The number of thiazole rings is 1. The first-order chi connectivity index (χ1) is 13.8. The first-order valence-electron chi connectivity index (χ1n) is 8.42. The van der Waals surface area contributed by atoms with E-state index in [1.807, 2.05) is 24.3 Å². The average Bonchev–Trinajstić information content (AvgIpc) is 3.26. The highest BCUT2D eigenvalue weighted by Gasteiger charge is 2.46. The zero-order valence-corrected chi connectivity index (χ0v) is 16.0. The van der Waals surface area contributed by atoms with Crippen molar-refractivity contribution < 1.29 is 22.8 Å². The predicted molar refractivity (Wildman–Crippen MR) is 103 cm³/mol. The van der Waals surface area contributed by atoms with Crippen LogP contribution >= 0.6 is 23.1 Å². The molecule has 2 aromatic carbocycles. The van der Waals surface area contributed by atoms with Gasteiger partial charge in [-0.2, -0.15) is 13.2 Å². The molecule has 10 heteroatoms. The van der Waals surface area contributed by atoms with Gasteiger partial charge in [-0.3, -0.25) is 14.5 Å². The number of hydrogen-bond acceptors (Lipinski definition) is 5. The Hall–Kier alpha value is -2.85. The third kappa shape index (κ3) is 2.82. The fraction of sp³-hybridized carbons (Fsp3) is 0.105. The Labute approximate surface area is 170 Å². The van der Waals surface area contributed by atoms with Crippen LogP contribution in [0.25, 0.3) is 0 Å². The van der Waals surface area contributed by atoms with Gasteiger partial charge in [0.15, 0.2) is 5.13 Å². The second-order valence-corrected chi connectivity index (χ2v) is 8.50. The van der Waals surface area contributed by atoms with Gasteiger partial charge in [0, 0.05) is 9.79 Å². The fourth-order valence-electron chi connectivity index (χ4n) is 3.45. The molecule has 5 nitrogen and oxygen atoms in total. The highest BCUT2D eigenvalue weighted by molar-refractivity contribution is 7.99. The lowest BCUT2D eigenvalue weighted by Gasteiger charge is -2.27. The van der Waals surface area contributed by atoms with Gasteiger partial charge in [-0.1, -0.05) is 47.4 Å². The van der Waals surface area contributed by atoms with Crippen molar-refractivity contribution in [3.05, 3.63) is 59.1 Å². The molecule has 146 valence electrons. The zero-order valence-electron chi connectivity index (χ0n) is 14.4. The topological polar surface area (TPSA) is 62.3 Å². The Kier molecular flexibility index (Phi) is 3.97. The molecule has 3 aromatic rings. The van der Waals surface area contributed by atoms with Crippen LogP contribution < -0.4 is 10.2 Å². The van der Waals surface area contributed by atoms with Crippen LogP contribution in [0.15, 0.2) is 58.5 Å². The molecule has 0 bridgehead atoms. The maximum absolute atomic E-state index is 13.2. The van der Waals surface area contributed by atoms with Gasteiger partial charge in [-0.25, -0.2) is 4.98 Å². The second-order valence-electron chi connectivity index (χ2n) is 6.39. The molecule has 1 aromatic heterocycles. The summed E-state index contributed by atoms with van der Waals surface area (Å²) in [6.45, 7) is 0. The minimum Gasteiger partial charge on any atom is -0.301 e. The maximum atomic E-state index is 13.2. The standard InChI is InChI=1S/C19H10F3N3O2S2/c20-19(21,22)13-8-23-18(29-13)24-16(26)14-9-4-3-7-12-15(9)25(17(14)27)10-5-1-2-6-11(10)28-12/h1-8,14H,(H,23,24,26). The summed E-state index contributed by atoms with van der Waals surface area (Å²) in [5.74, 6) is -2.30. The van der Waals surface area contributed by atoms with E-state index in [-0.39, 0.29) is 5.13 Å². The van der Waals surface area contributed by atoms with E-state index in [4.69, 9.17) is 0 Å². The molecule has 0 saturated carbocycles. The number of nitrogens with zero attached hydrogens (tertiary/aromatic N) is 2. The van der Waals surface area contributed by atoms with Gasteiger partial charge < -0.3 is 5.32 Å². The van der Waals surface area contributed by atoms with Gasteiger partial charge in [0.05, 0.1) is 17.6 Å². The molecule has 0 aliphatic carbocycles. The number of fused-ring (bicyclic) bond motifs is 2. The molecule has 0 fully saturated rings. The zero-order chi connectivity index (χ0) is 20.3. The monoisotopic (exact) mass is 433 g/mol. The summed E-state index contributed by atoms with van der Waals surface area (Å²) >= 11 is 1.83. The number of rotatable bonds is 2. The molecule has 2 aliphatic heterocycles. The number of nitrogens with one attached hydrogen (secondary N) is 1. The van der Waals surface area contributed by atoms with E-state index >= 15 is 0 Å². The van der Waals surface area contributed by atoms with Crippen LogP contribution in [0, 0.1) is 0 Å². The lowest BCUT2D eigenvalue weighted by molar-refractivity contribution is -0.134. The van der Waals surface area contributed by atoms with Crippen molar-refractivity contribution in [2.45, 2.75) is 21.9 Å². The van der Waals surface area contributed by atoms with Crippen molar-refractivity contribution in [1.29, 1.82) is 0 Å². The van der Waals surface area contributed by atoms with E-state index in [0.717, 1.165) is 9.79 Å². The van der Waals surface area contributed by atoms with E-state index in [2.05, 4.69) is 10.3 Å². The number of alkyl halides is 3. The molecule has 2 amide bonds. The molecule has 29 heavy (non-hydrogen) atoms. The van der Waals surface area contributed by atoms with Crippen molar-refractivity contribution in [2.24, 2.45) is 0 Å². The summed E-state index contributed by atoms with van der Waals surface area (Å²) in [5.41, 5.74) is 1.86. The molecule has 1 atom stereocenters. The molecule has 0 radical (unpaired) electrons. The number of aromatic nitrogens is 1. The van der Waals surface area contributed by atoms with Crippen LogP contribution in [0.2, 0.25) is 0 Å². The van der Waals surface area contributed by atoms with Crippen LogP contribution in [-0.2, 0) is 15.8 Å². The van der Waals surface area contributed by atoms with Crippen molar-refractivity contribution >= 4 is 51.4 Å². The Morgan fingerprint density at radius 1 is 1.10 bits per heavy atom. The number of benzene rings is 2. The quantitative estimate of drug-likeness (QED) is 0.576. The maximum Gasteiger partial charge on any atom is 0.427 e. The number of halogens is 3. The Morgan fingerprint density at radius 2 is 1.86 bits per heavy atom. The van der Waals surface area contributed by atoms with Gasteiger partial charge in [0.2, 0.25) is 11.8 Å². The highest BCUT2D eigenvalue weighted by atomic mass is 32.2. The lowest BCUT2D eigenvalue weighted by atomic mass is 10.00.